The van der Waals surface area contributed by atoms with Crippen LogP contribution in [0, 0.1) is 0 Å². The van der Waals surface area contributed by atoms with Crippen molar-refractivity contribution >= 4 is 5.69 Å². The van der Waals surface area contributed by atoms with Crippen LogP contribution in [0.3, 0.4) is 0 Å². The lowest BCUT2D eigenvalue weighted by atomic mass is 10.1. The number of benzene rings is 1. The van der Waals surface area contributed by atoms with Crippen molar-refractivity contribution in [2.45, 2.75) is 13.0 Å². The van der Waals surface area contributed by atoms with Crippen LogP contribution in [0.25, 0.3) is 0 Å². The highest BCUT2D eigenvalue weighted by Gasteiger charge is 2.17. The topological polar surface area (TPSA) is 23.5 Å². The van der Waals surface area contributed by atoms with Crippen LogP contribution in [-0.4, -0.2) is 18.7 Å². The first-order chi connectivity index (χ1) is 5.83. The summed E-state index contributed by atoms with van der Waals surface area (Å²) < 4.78 is 0. The Kier molecular flexibility index (Phi) is 1.77. The minimum absolute atomic E-state index is 0.164. The SMILES string of the molecule is CN1CCc2c(CO)cccc21. The molecule has 2 rings (SSSR count). The van der Waals surface area contributed by atoms with E-state index in [0.717, 1.165) is 18.5 Å². The number of rotatable bonds is 1. The highest BCUT2D eigenvalue weighted by molar-refractivity contribution is 5.60. The molecule has 0 aliphatic carbocycles. The number of anilines is 1. The summed E-state index contributed by atoms with van der Waals surface area (Å²) in [6, 6.07) is 6.12. The van der Waals surface area contributed by atoms with E-state index in [1.807, 2.05) is 12.1 Å². The standard InChI is InChI=1S/C10H13NO/c1-11-6-5-9-8(7-12)3-2-4-10(9)11/h2-4,12H,5-7H2,1H3. The van der Waals surface area contributed by atoms with Gasteiger partial charge in [-0.15, -0.1) is 0 Å². The number of aliphatic hydroxyl groups is 1. The van der Waals surface area contributed by atoms with Gasteiger partial charge in [0.05, 0.1) is 6.61 Å². The lowest BCUT2D eigenvalue weighted by Crippen LogP contribution is -2.12. The van der Waals surface area contributed by atoms with Crippen LogP contribution in [0.15, 0.2) is 18.2 Å². The Labute approximate surface area is 72.4 Å². The minimum Gasteiger partial charge on any atom is -0.392 e. The van der Waals surface area contributed by atoms with Crippen molar-refractivity contribution in [3.8, 4) is 0 Å². The summed E-state index contributed by atoms with van der Waals surface area (Å²) in [5.74, 6) is 0. The molecule has 12 heavy (non-hydrogen) atoms. The van der Waals surface area contributed by atoms with Gasteiger partial charge in [-0.3, -0.25) is 0 Å². The Hall–Kier alpha value is -1.02. The molecule has 2 nitrogen and oxygen atoms in total. The van der Waals surface area contributed by atoms with E-state index in [2.05, 4.69) is 18.0 Å². The molecule has 0 radical (unpaired) electrons. The smallest absolute Gasteiger partial charge is 0.0685 e. The van der Waals surface area contributed by atoms with Gasteiger partial charge in [0.15, 0.2) is 0 Å². The second kappa shape index (κ2) is 2.79. The molecule has 0 fully saturated rings. The van der Waals surface area contributed by atoms with Gasteiger partial charge in [-0.2, -0.15) is 0 Å². The second-order valence-electron chi connectivity index (χ2n) is 3.24. The number of aliphatic hydroxyl groups excluding tert-OH is 1. The molecular formula is C10H13NO. The zero-order valence-corrected chi connectivity index (χ0v) is 7.25. The molecule has 1 aromatic carbocycles. The minimum atomic E-state index is 0.164. The van der Waals surface area contributed by atoms with Gasteiger partial charge in [0.2, 0.25) is 0 Å². The molecule has 0 spiro atoms. The Balaban J connectivity index is 2.50. The first-order valence-electron chi connectivity index (χ1n) is 4.25. The highest BCUT2D eigenvalue weighted by Crippen LogP contribution is 2.29. The van der Waals surface area contributed by atoms with Crippen LogP contribution in [0.4, 0.5) is 5.69 Å². The molecule has 0 amide bonds. The summed E-state index contributed by atoms with van der Waals surface area (Å²) in [4.78, 5) is 2.23. The van der Waals surface area contributed by atoms with E-state index >= 15 is 0 Å². The van der Waals surface area contributed by atoms with Crippen molar-refractivity contribution in [2.75, 3.05) is 18.5 Å². The molecule has 0 saturated carbocycles. The molecule has 0 bridgehead atoms. The fourth-order valence-electron chi connectivity index (χ4n) is 1.82. The first-order valence-corrected chi connectivity index (χ1v) is 4.25. The van der Waals surface area contributed by atoms with Gasteiger partial charge < -0.3 is 10.0 Å². The molecule has 1 aliphatic rings. The van der Waals surface area contributed by atoms with Crippen LogP contribution < -0.4 is 4.90 Å². The molecule has 0 aromatic heterocycles. The van der Waals surface area contributed by atoms with Gasteiger partial charge in [-0.25, -0.2) is 0 Å². The summed E-state index contributed by atoms with van der Waals surface area (Å²) in [6.45, 7) is 1.24. The quantitative estimate of drug-likeness (QED) is 0.671. The average Bonchev–Trinajstić information content (AvgIpc) is 2.48. The monoisotopic (exact) mass is 163 g/mol. The number of hydrogen-bond acceptors (Lipinski definition) is 2. The first kappa shape index (κ1) is 7.62. The Morgan fingerprint density at radius 3 is 3.08 bits per heavy atom. The van der Waals surface area contributed by atoms with Crippen molar-refractivity contribution in [3.63, 3.8) is 0 Å². The molecule has 1 aliphatic heterocycles. The lowest BCUT2D eigenvalue weighted by molar-refractivity contribution is 0.281. The molecule has 1 aromatic rings. The third-order valence-corrected chi connectivity index (χ3v) is 2.53. The largest absolute Gasteiger partial charge is 0.392 e. The van der Waals surface area contributed by atoms with E-state index in [-0.39, 0.29) is 6.61 Å². The van der Waals surface area contributed by atoms with Crippen molar-refractivity contribution in [2.24, 2.45) is 0 Å². The van der Waals surface area contributed by atoms with Crippen LogP contribution in [-0.2, 0) is 13.0 Å². The summed E-state index contributed by atoms with van der Waals surface area (Å²) in [5, 5.41) is 9.07. The van der Waals surface area contributed by atoms with Crippen molar-refractivity contribution < 1.29 is 5.11 Å². The van der Waals surface area contributed by atoms with Gasteiger partial charge in [-0.05, 0) is 23.6 Å². The van der Waals surface area contributed by atoms with E-state index in [1.165, 1.54) is 11.3 Å². The molecule has 0 unspecified atom stereocenters. The highest BCUT2D eigenvalue weighted by atomic mass is 16.3. The summed E-state index contributed by atoms with van der Waals surface area (Å²) in [5.41, 5.74) is 3.68. The van der Waals surface area contributed by atoms with Crippen molar-refractivity contribution in [1.29, 1.82) is 0 Å². The summed E-state index contributed by atoms with van der Waals surface area (Å²) >= 11 is 0. The molecule has 0 atom stereocenters. The fourth-order valence-corrected chi connectivity index (χ4v) is 1.82. The van der Waals surface area contributed by atoms with Crippen LogP contribution in [0.5, 0.6) is 0 Å². The van der Waals surface area contributed by atoms with E-state index in [9.17, 15) is 0 Å². The molecule has 1 N–H and O–H groups in total. The van der Waals surface area contributed by atoms with Gasteiger partial charge >= 0.3 is 0 Å². The zero-order valence-electron chi connectivity index (χ0n) is 7.25. The average molecular weight is 163 g/mol. The maximum atomic E-state index is 9.07. The predicted octanol–water partition coefficient (Wildman–Crippen LogP) is 1.17. The van der Waals surface area contributed by atoms with Gasteiger partial charge in [0.1, 0.15) is 0 Å². The Morgan fingerprint density at radius 1 is 1.50 bits per heavy atom. The van der Waals surface area contributed by atoms with E-state index in [4.69, 9.17) is 5.11 Å². The number of hydrogen-bond donors (Lipinski definition) is 1. The van der Waals surface area contributed by atoms with Gasteiger partial charge in [0.25, 0.3) is 0 Å². The third-order valence-electron chi connectivity index (χ3n) is 2.53. The van der Waals surface area contributed by atoms with Gasteiger partial charge in [0, 0.05) is 19.3 Å². The molecule has 0 saturated heterocycles. The van der Waals surface area contributed by atoms with E-state index in [0.29, 0.717) is 0 Å². The molecule has 64 valence electrons. The second-order valence-corrected chi connectivity index (χ2v) is 3.24. The summed E-state index contributed by atoms with van der Waals surface area (Å²) in [7, 11) is 2.09. The zero-order chi connectivity index (χ0) is 8.55. The summed E-state index contributed by atoms with van der Waals surface area (Å²) in [6.07, 6.45) is 1.07. The lowest BCUT2D eigenvalue weighted by Gasteiger charge is -2.12. The molecule has 2 heteroatoms. The molecular weight excluding hydrogens is 150 g/mol. The predicted molar refractivity (Wildman–Crippen MR) is 49.3 cm³/mol. The Bertz CT molecular complexity index is 296. The van der Waals surface area contributed by atoms with Crippen molar-refractivity contribution in [3.05, 3.63) is 29.3 Å². The normalized spacial score (nSPS) is 15.0. The number of nitrogens with zero attached hydrogens (tertiary/aromatic N) is 1. The molecule has 1 heterocycles. The van der Waals surface area contributed by atoms with Crippen LogP contribution in [0.2, 0.25) is 0 Å². The van der Waals surface area contributed by atoms with Gasteiger partial charge in [-0.1, -0.05) is 12.1 Å². The van der Waals surface area contributed by atoms with E-state index in [1.54, 1.807) is 0 Å². The van der Waals surface area contributed by atoms with E-state index < -0.39 is 0 Å². The Morgan fingerprint density at radius 2 is 2.33 bits per heavy atom. The fraction of sp³-hybridized carbons (Fsp3) is 0.400. The number of likely N-dealkylation sites (N-methyl/N-ethyl adjacent to an activating group) is 1. The van der Waals surface area contributed by atoms with Crippen molar-refractivity contribution in [1.82, 2.24) is 0 Å². The number of fused-ring (bicyclic) bond motifs is 1. The van der Waals surface area contributed by atoms with Crippen LogP contribution >= 0.6 is 0 Å². The third kappa shape index (κ3) is 0.994. The maximum Gasteiger partial charge on any atom is 0.0685 e. The maximum absolute atomic E-state index is 9.07. The van der Waals surface area contributed by atoms with Crippen LogP contribution in [0.1, 0.15) is 11.1 Å².